The van der Waals surface area contributed by atoms with Crippen LogP contribution in [0.25, 0.3) is 0 Å². The Balaban J connectivity index is 1.61. The smallest absolute Gasteiger partial charge is 0.264 e. The van der Waals surface area contributed by atoms with E-state index in [0.717, 1.165) is 5.56 Å². The van der Waals surface area contributed by atoms with Crippen LogP contribution in [0.5, 0.6) is 0 Å². The SMILES string of the molecule is CNC(=O)c1cccc(NC(=O)c2cccc(S(=O)(=O)N3CCc4ccccc43)c2)c1C. The quantitative estimate of drug-likeness (QED) is 0.624. The molecule has 32 heavy (non-hydrogen) atoms. The molecule has 0 atom stereocenters. The molecule has 0 fully saturated rings. The predicted octanol–water partition coefficient (Wildman–Crippen LogP) is 3.36. The third-order valence-corrected chi connectivity index (χ3v) is 7.39. The Hall–Kier alpha value is -3.65. The van der Waals surface area contributed by atoms with Crippen molar-refractivity contribution in [2.75, 3.05) is 23.2 Å². The van der Waals surface area contributed by atoms with E-state index in [4.69, 9.17) is 0 Å². The minimum Gasteiger partial charge on any atom is -0.355 e. The van der Waals surface area contributed by atoms with Crippen LogP contribution in [-0.4, -0.2) is 33.8 Å². The lowest BCUT2D eigenvalue weighted by Crippen LogP contribution is -2.29. The normalized spacial score (nSPS) is 12.9. The summed E-state index contributed by atoms with van der Waals surface area (Å²) in [5, 5.41) is 5.35. The average molecular weight is 450 g/mol. The molecule has 0 unspecified atom stereocenters. The number of fused-ring (bicyclic) bond motifs is 1. The first-order valence-corrected chi connectivity index (χ1v) is 11.6. The lowest BCUT2D eigenvalue weighted by atomic mass is 10.1. The number of hydrogen-bond acceptors (Lipinski definition) is 4. The molecule has 3 aromatic carbocycles. The highest BCUT2D eigenvalue weighted by atomic mass is 32.2. The summed E-state index contributed by atoms with van der Waals surface area (Å²) < 4.78 is 28.0. The molecule has 7 nitrogen and oxygen atoms in total. The Morgan fingerprint density at radius 1 is 0.938 bits per heavy atom. The first kappa shape index (κ1) is 21.6. The number of nitrogens with one attached hydrogen (secondary N) is 2. The van der Waals surface area contributed by atoms with Crippen molar-refractivity contribution < 1.29 is 18.0 Å². The third kappa shape index (κ3) is 3.85. The van der Waals surface area contributed by atoms with E-state index < -0.39 is 15.9 Å². The molecule has 1 heterocycles. The van der Waals surface area contributed by atoms with Gasteiger partial charge in [0, 0.05) is 30.4 Å². The monoisotopic (exact) mass is 449 g/mol. The minimum absolute atomic E-state index is 0.0534. The van der Waals surface area contributed by atoms with E-state index in [1.54, 1.807) is 43.3 Å². The fourth-order valence-electron chi connectivity index (χ4n) is 3.83. The van der Waals surface area contributed by atoms with E-state index in [2.05, 4.69) is 10.6 Å². The van der Waals surface area contributed by atoms with E-state index in [1.807, 2.05) is 18.2 Å². The predicted molar refractivity (Wildman–Crippen MR) is 124 cm³/mol. The number of para-hydroxylation sites is 1. The van der Waals surface area contributed by atoms with Crippen LogP contribution in [0.3, 0.4) is 0 Å². The number of anilines is 2. The summed E-state index contributed by atoms with van der Waals surface area (Å²) in [7, 11) is -2.27. The molecule has 0 bridgehead atoms. The van der Waals surface area contributed by atoms with Crippen molar-refractivity contribution in [1.29, 1.82) is 0 Å². The molecule has 0 saturated carbocycles. The molecular formula is C24H23N3O4S. The molecule has 2 N–H and O–H groups in total. The number of amides is 2. The summed E-state index contributed by atoms with van der Waals surface area (Å²) in [5.41, 5.74) is 3.42. The Morgan fingerprint density at radius 3 is 2.47 bits per heavy atom. The van der Waals surface area contributed by atoms with E-state index in [9.17, 15) is 18.0 Å². The molecule has 1 aliphatic heterocycles. The number of rotatable bonds is 5. The summed E-state index contributed by atoms with van der Waals surface area (Å²) in [6.07, 6.45) is 0.649. The van der Waals surface area contributed by atoms with Gasteiger partial charge in [-0.2, -0.15) is 0 Å². The summed E-state index contributed by atoms with van der Waals surface area (Å²) >= 11 is 0. The van der Waals surface area contributed by atoms with Gasteiger partial charge in [-0.1, -0.05) is 30.3 Å². The molecule has 2 amide bonds. The fraction of sp³-hybridized carbons (Fsp3) is 0.167. The molecule has 0 radical (unpaired) electrons. The summed E-state index contributed by atoms with van der Waals surface area (Å²) in [6, 6.07) is 18.4. The van der Waals surface area contributed by atoms with Gasteiger partial charge in [-0.25, -0.2) is 8.42 Å². The zero-order valence-electron chi connectivity index (χ0n) is 17.8. The third-order valence-electron chi connectivity index (χ3n) is 5.58. The van der Waals surface area contributed by atoms with Gasteiger partial charge in [0.15, 0.2) is 0 Å². The molecular weight excluding hydrogens is 426 g/mol. The van der Waals surface area contributed by atoms with E-state index in [1.165, 1.54) is 23.5 Å². The van der Waals surface area contributed by atoms with Crippen LogP contribution in [0.1, 0.15) is 31.8 Å². The van der Waals surface area contributed by atoms with Gasteiger partial charge in [-0.3, -0.25) is 13.9 Å². The van der Waals surface area contributed by atoms with Gasteiger partial charge in [0.2, 0.25) is 0 Å². The second-order valence-electron chi connectivity index (χ2n) is 7.50. The lowest BCUT2D eigenvalue weighted by Gasteiger charge is -2.20. The van der Waals surface area contributed by atoms with Gasteiger partial charge in [-0.05, 0) is 60.9 Å². The largest absolute Gasteiger partial charge is 0.355 e. The van der Waals surface area contributed by atoms with E-state index in [-0.39, 0.29) is 16.4 Å². The Labute approximate surface area is 187 Å². The Morgan fingerprint density at radius 2 is 1.69 bits per heavy atom. The maximum absolute atomic E-state index is 13.3. The van der Waals surface area contributed by atoms with Crippen molar-refractivity contribution >= 4 is 33.2 Å². The summed E-state index contributed by atoms with van der Waals surface area (Å²) in [5.74, 6) is -0.710. The van der Waals surface area contributed by atoms with Gasteiger partial charge in [-0.15, -0.1) is 0 Å². The minimum atomic E-state index is -3.81. The van der Waals surface area contributed by atoms with Crippen LogP contribution in [0.2, 0.25) is 0 Å². The van der Waals surface area contributed by atoms with Crippen LogP contribution in [0.15, 0.2) is 71.6 Å². The van der Waals surface area contributed by atoms with Crippen LogP contribution < -0.4 is 14.9 Å². The maximum Gasteiger partial charge on any atom is 0.264 e. The van der Waals surface area contributed by atoms with Crippen molar-refractivity contribution in [3.05, 3.63) is 89.0 Å². The topological polar surface area (TPSA) is 95.6 Å². The summed E-state index contributed by atoms with van der Waals surface area (Å²) in [6.45, 7) is 2.11. The van der Waals surface area contributed by atoms with Crippen molar-refractivity contribution in [1.82, 2.24) is 5.32 Å². The molecule has 1 aliphatic rings. The van der Waals surface area contributed by atoms with Crippen LogP contribution in [0.4, 0.5) is 11.4 Å². The van der Waals surface area contributed by atoms with Crippen molar-refractivity contribution in [3.63, 3.8) is 0 Å². The van der Waals surface area contributed by atoms with Crippen LogP contribution in [-0.2, 0) is 16.4 Å². The molecule has 0 aromatic heterocycles. The molecule has 3 aromatic rings. The second kappa shape index (κ2) is 8.47. The summed E-state index contributed by atoms with van der Waals surface area (Å²) in [4.78, 5) is 25.0. The van der Waals surface area contributed by atoms with Gasteiger partial charge in [0.25, 0.3) is 21.8 Å². The molecule has 0 aliphatic carbocycles. The second-order valence-corrected chi connectivity index (χ2v) is 9.36. The van der Waals surface area contributed by atoms with Crippen LogP contribution >= 0.6 is 0 Å². The number of benzene rings is 3. The molecule has 0 saturated heterocycles. The highest BCUT2D eigenvalue weighted by Crippen LogP contribution is 2.33. The average Bonchev–Trinajstić information content (AvgIpc) is 3.25. The standard InChI is InChI=1S/C24H23N3O4S/c1-16-20(24(29)25-2)10-6-11-21(16)26-23(28)18-8-5-9-19(15-18)32(30,31)27-14-13-17-7-3-4-12-22(17)27/h3-12,15H,13-14H2,1-2H3,(H,25,29)(H,26,28). The first-order chi connectivity index (χ1) is 15.3. The van der Waals surface area contributed by atoms with Crippen molar-refractivity contribution in [2.45, 2.75) is 18.2 Å². The highest BCUT2D eigenvalue weighted by molar-refractivity contribution is 7.92. The fourth-order valence-corrected chi connectivity index (χ4v) is 5.38. The van der Waals surface area contributed by atoms with Gasteiger partial charge in [0.05, 0.1) is 10.6 Å². The number of carbonyl (C=O) groups is 2. The van der Waals surface area contributed by atoms with Gasteiger partial charge in [0.1, 0.15) is 0 Å². The molecule has 0 spiro atoms. The molecule has 164 valence electrons. The Bertz CT molecular complexity index is 1320. The number of sulfonamides is 1. The highest BCUT2D eigenvalue weighted by Gasteiger charge is 2.31. The zero-order valence-corrected chi connectivity index (χ0v) is 18.6. The molecule has 4 rings (SSSR count). The number of hydrogen-bond donors (Lipinski definition) is 2. The van der Waals surface area contributed by atoms with Crippen molar-refractivity contribution in [3.8, 4) is 0 Å². The van der Waals surface area contributed by atoms with E-state index in [0.29, 0.717) is 35.5 Å². The number of carbonyl (C=O) groups excluding carboxylic acids is 2. The Kier molecular flexibility index (Phi) is 5.71. The van der Waals surface area contributed by atoms with Crippen molar-refractivity contribution in [2.24, 2.45) is 0 Å². The number of nitrogens with zero attached hydrogens (tertiary/aromatic N) is 1. The first-order valence-electron chi connectivity index (χ1n) is 10.2. The van der Waals surface area contributed by atoms with Gasteiger partial charge < -0.3 is 10.6 Å². The van der Waals surface area contributed by atoms with Gasteiger partial charge >= 0.3 is 0 Å². The lowest BCUT2D eigenvalue weighted by molar-refractivity contribution is 0.0960. The van der Waals surface area contributed by atoms with Crippen LogP contribution in [0, 0.1) is 6.92 Å². The molecule has 8 heteroatoms. The zero-order chi connectivity index (χ0) is 22.9. The maximum atomic E-state index is 13.3. The van der Waals surface area contributed by atoms with E-state index >= 15 is 0 Å².